The van der Waals surface area contributed by atoms with Crippen molar-refractivity contribution in [1.82, 2.24) is 15.0 Å². The number of rotatable bonds is 4. The van der Waals surface area contributed by atoms with Gasteiger partial charge in [-0.15, -0.1) is 5.10 Å². The standard InChI is InChI=1S/C22H13F5N4O2/c23-14-6-12(7-15(24)9-14)19-11-31(30-29-19)17-4-5-20(32)18(10-17)21(33)28-16-3-1-2-13(8-16)22(25,26)27/h1-11,32H,(H,28,33). The second-order valence-corrected chi connectivity index (χ2v) is 6.94. The molecule has 0 fully saturated rings. The first-order valence-corrected chi connectivity index (χ1v) is 9.31. The van der Waals surface area contributed by atoms with Crippen LogP contribution in [0.1, 0.15) is 15.9 Å². The van der Waals surface area contributed by atoms with Crippen molar-refractivity contribution in [3.8, 4) is 22.7 Å². The van der Waals surface area contributed by atoms with Crippen molar-refractivity contribution in [3.05, 3.63) is 89.6 Å². The highest BCUT2D eigenvalue weighted by Crippen LogP contribution is 2.31. The van der Waals surface area contributed by atoms with E-state index in [0.29, 0.717) is 6.07 Å². The number of amides is 1. The normalized spacial score (nSPS) is 11.4. The van der Waals surface area contributed by atoms with E-state index in [1.165, 1.54) is 35.1 Å². The number of nitrogens with zero attached hydrogens (tertiary/aromatic N) is 3. The lowest BCUT2D eigenvalue weighted by Gasteiger charge is -2.11. The number of benzene rings is 3. The van der Waals surface area contributed by atoms with E-state index in [4.69, 9.17) is 0 Å². The maximum Gasteiger partial charge on any atom is 0.416 e. The van der Waals surface area contributed by atoms with E-state index in [-0.39, 0.29) is 28.2 Å². The van der Waals surface area contributed by atoms with Crippen LogP contribution in [0, 0.1) is 11.6 Å². The summed E-state index contributed by atoms with van der Waals surface area (Å²) in [5.41, 5.74) is -0.745. The van der Waals surface area contributed by atoms with Gasteiger partial charge in [-0.3, -0.25) is 4.79 Å². The van der Waals surface area contributed by atoms with Gasteiger partial charge in [-0.1, -0.05) is 11.3 Å². The topological polar surface area (TPSA) is 80.0 Å². The van der Waals surface area contributed by atoms with Crippen molar-refractivity contribution >= 4 is 11.6 Å². The van der Waals surface area contributed by atoms with Crippen molar-refractivity contribution in [2.75, 3.05) is 5.32 Å². The van der Waals surface area contributed by atoms with Crippen LogP contribution < -0.4 is 5.32 Å². The fourth-order valence-corrected chi connectivity index (χ4v) is 3.04. The molecule has 11 heteroatoms. The van der Waals surface area contributed by atoms with Crippen molar-refractivity contribution in [3.63, 3.8) is 0 Å². The third-order valence-corrected chi connectivity index (χ3v) is 4.59. The molecule has 0 saturated carbocycles. The zero-order valence-electron chi connectivity index (χ0n) is 16.4. The molecule has 0 spiro atoms. The van der Waals surface area contributed by atoms with Gasteiger partial charge in [0.05, 0.1) is 23.0 Å². The summed E-state index contributed by atoms with van der Waals surface area (Å²) in [7, 11) is 0. The Labute approximate surface area is 182 Å². The molecular formula is C22H13F5N4O2. The summed E-state index contributed by atoms with van der Waals surface area (Å²) in [6.45, 7) is 0. The molecule has 0 aliphatic heterocycles. The van der Waals surface area contributed by atoms with Gasteiger partial charge in [0.1, 0.15) is 23.1 Å². The van der Waals surface area contributed by atoms with Crippen LogP contribution in [0.5, 0.6) is 5.75 Å². The Hall–Kier alpha value is -4.28. The van der Waals surface area contributed by atoms with Gasteiger partial charge >= 0.3 is 6.18 Å². The molecule has 0 saturated heterocycles. The number of carbonyl (C=O) groups is 1. The number of phenols is 1. The maximum atomic E-state index is 13.5. The third kappa shape index (κ3) is 4.81. The number of phenolic OH excluding ortho intramolecular Hbond substituents is 1. The Bertz CT molecular complexity index is 1330. The quantitative estimate of drug-likeness (QED) is 0.411. The Kier molecular flexibility index (Phi) is 5.54. The van der Waals surface area contributed by atoms with Crippen LogP contribution in [-0.2, 0) is 6.18 Å². The SMILES string of the molecule is O=C(Nc1cccc(C(F)(F)F)c1)c1cc(-n2cc(-c3cc(F)cc(F)c3)nn2)ccc1O. The highest BCUT2D eigenvalue weighted by Gasteiger charge is 2.30. The van der Waals surface area contributed by atoms with Gasteiger partial charge in [0, 0.05) is 17.3 Å². The molecular weight excluding hydrogens is 447 g/mol. The number of aromatic nitrogens is 3. The molecule has 1 aromatic heterocycles. The summed E-state index contributed by atoms with van der Waals surface area (Å²) >= 11 is 0. The Morgan fingerprint density at radius 2 is 1.70 bits per heavy atom. The van der Waals surface area contributed by atoms with Crippen LogP contribution in [0.3, 0.4) is 0 Å². The molecule has 1 amide bonds. The number of anilines is 1. The number of halogens is 5. The summed E-state index contributed by atoms with van der Waals surface area (Å²) in [5, 5.41) is 20.1. The number of aromatic hydroxyl groups is 1. The lowest BCUT2D eigenvalue weighted by Crippen LogP contribution is -2.14. The van der Waals surface area contributed by atoms with E-state index in [1.54, 1.807) is 0 Å². The fourth-order valence-electron chi connectivity index (χ4n) is 3.04. The number of hydrogen-bond acceptors (Lipinski definition) is 4. The lowest BCUT2D eigenvalue weighted by molar-refractivity contribution is -0.137. The van der Waals surface area contributed by atoms with Crippen LogP contribution in [0.25, 0.3) is 16.9 Å². The van der Waals surface area contributed by atoms with E-state index in [9.17, 15) is 31.9 Å². The second-order valence-electron chi connectivity index (χ2n) is 6.94. The van der Waals surface area contributed by atoms with Crippen LogP contribution in [0.2, 0.25) is 0 Å². The zero-order chi connectivity index (χ0) is 23.8. The van der Waals surface area contributed by atoms with E-state index in [2.05, 4.69) is 15.6 Å². The van der Waals surface area contributed by atoms with Crippen LogP contribution >= 0.6 is 0 Å². The van der Waals surface area contributed by atoms with Gasteiger partial charge in [-0.05, 0) is 48.5 Å². The molecule has 4 rings (SSSR count). The monoisotopic (exact) mass is 460 g/mol. The summed E-state index contributed by atoms with van der Waals surface area (Å²) in [5.74, 6) is -2.87. The predicted octanol–water partition coefficient (Wildman–Crippen LogP) is 5.19. The summed E-state index contributed by atoms with van der Waals surface area (Å²) < 4.78 is 66.8. The molecule has 33 heavy (non-hydrogen) atoms. The highest BCUT2D eigenvalue weighted by atomic mass is 19.4. The maximum absolute atomic E-state index is 13.5. The third-order valence-electron chi connectivity index (χ3n) is 4.59. The molecule has 6 nitrogen and oxygen atoms in total. The second kappa shape index (κ2) is 8.34. The molecule has 4 aromatic rings. The fraction of sp³-hybridized carbons (Fsp3) is 0.0455. The first-order valence-electron chi connectivity index (χ1n) is 9.31. The number of nitrogens with one attached hydrogen (secondary N) is 1. The number of carbonyl (C=O) groups excluding carboxylic acids is 1. The van der Waals surface area contributed by atoms with Crippen molar-refractivity contribution < 1.29 is 31.9 Å². The van der Waals surface area contributed by atoms with E-state index >= 15 is 0 Å². The molecule has 0 aliphatic carbocycles. The smallest absolute Gasteiger partial charge is 0.416 e. The minimum absolute atomic E-state index is 0.115. The summed E-state index contributed by atoms with van der Waals surface area (Å²) in [4.78, 5) is 12.6. The van der Waals surface area contributed by atoms with Gasteiger partial charge in [-0.2, -0.15) is 13.2 Å². The van der Waals surface area contributed by atoms with E-state index in [0.717, 1.165) is 30.3 Å². The molecule has 0 bridgehead atoms. The largest absolute Gasteiger partial charge is 0.507 e. The van der Waals surface area contributed by atoms with Gasteiger partial charge in [0.2, 0.25) is 0 Å². The first-order chi connectivity index (χ1) is 15.6. The summed E-state index contributed by atoms with van der Waals surface area (Å²) in [6.07, 6.45) is -3.23. The molecule has 0 aliphatic rings. The van der Waals surface area contributed by atoms with Gasteiger partial charge in [0.15, 0.2) is 0 Å². The lowest BCUT2D eigenvalue weighted by atomic mass is 10.1. The molecule has 0 unspecified atom stereocenters. The van der Waals surface area contributed by atoms with E-state index in [1.807, 2.05) is 0 Å². The Morgan fingerprint density at radius 1 is 0.970 bits per heavy atom. The summed E-state index contributed by atoms with van der Waals surface area (Å²) in [6, 6.07) is 10.7. The average Bonchev–Trinajstić information content (AvgIpc) is 3.23. The average molecular weight is 460 g/mol. The van der Waals surface area contributed by atoms with Crippen molar-refractivity contribution in [2.24, 2.45) is 0 Å². The van der Waals surface area contributed by atoms with E-state index < -0.39 is 35.0 Å². The van der Waals surface area contributed by atoms with Crippen LogP contribution in [0.4, 0.5) is 27.6 Å². The molecule has 1 heterocycles. The Balaban J connectivity index is 1.61. The van der Waals surface area contributed by atoms with Gasteiger partial charge in [-0.25, -0.2) is 13.5 Å². The Morgan fingerprint density at radius 3 is 2.39 bits per heavy atom. The molecule has 0 radical (unpaired) electrons. The van der Waals surface area contributed by atoms with Gasteiger partial charge in [0.25, 0.3) is 5.91 Å². The molecule has 3 aromatic carbocycles. The van der Waals surface area contributed by atoms with Crippen molar-refractivity contribution in [2.45, 2.75) is 6.18 Å². The zero-order valence-corrected chi connectivity index (χ0v) is 16.4. The van der Waals surface area contributed by atoms with Gasteiger partial charge < -0.3 is 10.4 Å². The number of alkyl halides is 3. The van der Waals surface area contributed by atoms with Crippen LogP contribution in [0.15, 0.2) is 66.9 Å². The molecule has 0 atom stereocenters. The minimum atomic E-state index is -4.59. The van der Waals surface area contributed by atoms with Crippen LogP contribution in [-0.4, -0.2) is 26.0 Å². The molecule has 2 N–H and O–H groups in total. The minimum Gasteiger partial charge on any atom is -0.507 e. The number of hydrogen-bond donors (Lipinski definition) is 2. The predicted molar refractivity (Wildman–Crippen MR) is 108 cm³/mol. The van der Waals surface area contributed by atoms with Crippen molar-refractivity contribution in [1.29, 1.82) is 0 Å². The highest BCUT2D eigenvalue weighted by molar-refractivity contribution is 6.06. The first kappa shape index (κ1) is 21.9. The molecule has 168 valence electrons.